The molecule has 0 aliphatic carbocycles. The molecule has 3 atom stereocenters. The molecule has 0 radical (unpaired) electrons. The Morgan fingerprint density at radius 2 is 1.44 bits per heavy atom. The molecule has 0 bridgehead atoms. The Morgan fingerprint density at radius 1 is 0.769 bits per heavy atom. The first-order valence-corrected chi connectivity index (χ1v) is 18.5. The maximum atomic E-state index is 12.1. The number of rotatable bonds is 12. The summed E-state index contributed by atoms with van der Waals surface area (Å²) >= 11 is 1.54. The molecule has 264 valence electrons. The van der Waals surface area contributed by atoms with Gasteiger partial charge < -0.3 is 29.6 Å². The number of aliphatic hydroxyl groups excluding tert-OH is 1. The van der Waals surface area contributed by atoms with Gasteiger partial charge in [-0.2, -0.15) is 0 Å². The van der Waals surface area contributed by atoms with Gasteiger partial charge in [-0.05, 0) is 34.7 Å². The van der Waals surface area contributed by atoms with Gasteiger partial charge in [0.1, 0.15) is 5.69 Å². The fourth-order valence-electron chi connectivity index (χ4n) is 6.30. The topological polar surface area (TPSA) is 106 Å². The van der Waals surface area contributed by atoms with Crippen molar-refractivity contribution >= 4 is 17.8 Å². The van der Waals surface area contributed by atoms with Gasteiger partial charge in [0.05, 0.1) is 18.8 Å². The molecular formula is C43H41N3O5S. The number of amides is 2. The maximum absolute atomic E-state index is 12.1. The van der Waals surface area contributed by atoms with Gasteiger partial charge in [-0.15, -0.1) is 0 Å². The van der Waals surface area contributed by atoms with Gasteiger partial charge in [0.15, 0.2) is 12.1 Å². The first-order chi connectivity index (χ1) is 25.6. The van der Waals surface area contributed by atoms with Crippen molar-refractivity contribution in [3.05, 3.63) is 156 Å². The van der Waals surface area contributed by atoms with E-state index in [1.807, 2.05) is 122 Å². The highest BCUT2D eigenvalue weighted by molar-refractivity contribution is 7.99. The predicted octanol–water partition coefficient (Wildman–Crippen LogP) is 9.32. The number of aliphatic hydroxyl groups is 1. The van der Waals surface area contributed by atoms with Crippen LogP contribution in [-0.2, 0) is 22.6 Å². The molecule has 1 aromatic heterocycles. The molecule has 1 aliphatic rings. The third-order valence-corrected chi connectivity index (χ3v) is 9.95. The second-order valence-corrected chi connectivity index (χ2v) is 13.5. The summed E-state index contributed by atoms with van der Waals surface area (Å²) in [6.45, 7) is 2.86. The minimum atomic E-state index is -0.602. The summed E-state index contributed by atoms with van der Waals surface area (Å²) in [6, 6.07) is 44.2. The lowest BCUT2D eigenvalue weighted by Gasteiger charge is -2.36. The van der Waals surface area contributed by atoms with Crippen molar-refractivity contribution < 1.29 is 23.8 Å². The standard InChI is InChI=1S/C43H41N3O5S/c1-2-44-42(48)45-26-35-15-9-10-16-37(35)30-21-23-34(24-22-30)41-49-36(25-38(50-41)31-19-17-29(27-47)18-20-31)28-52-43-46-39(32-11-5-3-6-12-32)40(51-43)33-13-7-4-8-14-33/h3-24,36,38,41,47H,2,25-28H2,1H3,(H2,44,45,48)/t36-,38+,41+/m1/s1. The zero-order valence-corrected chi connectivity index (χ0v) is 29.7. The van der Waals surface area contributed by atoms with Crippen LogP contribution in [0.4, 0.5) is 4.79 Å². The van der Waals surface area contributed by atoms with Crippen LogP contribution < -0.4 is 10.6 Å². The Balaban J connectivity index is 1.12. The minimum Gasteiger partial charge on any atom is -0.431 e. The number of nitrogens with one attached hydrogen (secondary N) is 2. The number of oxazole rings is 1. The van der Waals surface area contributed by atoms with Crippen molar-refractivity contribution in [3.8, 4) is 33.7 Å². The summed E-state index contributed by atoms with van der Waals surface area (Å²) in [6.07, 6.45) is -0.347. The number of hydrogen-bond donors (Lipinski definition) is 3. The van der Waals surface area contributed by atoms with E-state index in [0.717, 1.165) is 56.0 Å². The molecule has 3 N–H and O–H groups in total. The summed E-state index contributed by atoms with van der Waals surface area (Å²) in [5.74, 6) is 1.35. The molecular weight excluding hydrogens is 671 g/mol. The molecule has 1 saturated heterocycles. The molecule has 7 rings (SSSR count). The van der Waals surface area contributed by atoms with Crippen molar-refractivity contribution in [2.75, 3.05) is 12.3 Å². The highest BCUT2D eigenvalue weighted by Crippen LogP contribution is 2.41. The van der Waals surface area contributed by atoms with E-state index in [0.29, 0.717) is 30.5 Å². The summed E-state index contributed by atoms with van der Waals surface area (Å²) in [4.78, 5) is 17.0. The van der Waals surface area contributed by atoms with Crippen molar-refractivity contribution in [1.29, 1.82) is 0 Å². The van der Waals surface area contributed by atoms with E-state index in [1.54, 1.807) is 0 Å². The van der Waals surface area contributed by atoms with Gasteiger partial charge >= 0.3 is 6.03 Å². The van der Waals surface area contributed by atoms with Gasteiger partial charge in [0, 0.05) is 42.0 Å². The molecule has 0 saturated carbocycles. The first kappa shape index (κ1) is 35.2. The summed E-state index contributed by atoms with van der Waals surface area (Å²) in [5.41, 5.74) is 8.65. The van der Waals surface area contributed by atoms with Crippen LogP contribution in [0, 0.1) is 0 Å². The Kier molecular flexibility index (Phi) is 11.4. The second kappa shape index (κ2) is 16.9. The predicted molar refractivity (Wildman–Crippen MR) is 204 cm³/mol. The van der Waals surface area contributed by atoms with Crippen LogP contribution in [0.5, 0.6) is 0 Å². The lowest BCUT2D eigenvalue weighted by Crippen LogP contribution is -2.34. The largest absolute Gasteiger partial charge is 0.431 e. The molecule has 9 heteroatoms. The number of aromatic nitrogens is 1. The van der Waals surface area contributed by atoms with Crippen molar-refractivity contribution in [2.45, 2.75) is 50.2 Å². The van der Waals surface area contributed by atoms with Gasteiger partial charge in [-0.25, -0.2) is 9.78 Å². The Hall–Kier alpha value is -5.19. The quantitative estimate of drug-likeness (QED) is 0.109. The Morgan fingerprint density at radius 3 is 2.15 bits per heavy atom. The Bertz CT molecular complexity index is 2000. The monoisotopic (exact) mass is 711 g/mol. The lowest BCUT2D eigenvalue weighted by atomic mass is 9.98. The molecule has 1 fully saturated rings. The van der Waals surface area contributed by atoms with Crippen LogP contribution in [0.25, 0.3) is 33.7 Å². The zero-order chi connectivity index (χ0) is 35.7. The molecule has 2 amide bonds. The number of carbonyl (C=O) groups excluding carboxylic acids is 1. The second-order valence-electron chi connectivity index (χ2n) is 12.5. The lowest BCUT2D eigenvalue weighted by molar-refractivity contribution is -0.245. The smallest absolute Gasteiger partial charge is 0.315 e. The van der Waals surface area contributed by atoms with Crippen LogP contribution in [0.1, 0.15) is 48.0 Å². The Labute approximate surface area is 308 Å². The normalized spacial score (nSPS) is 17.1. The minimum absolute atomic E-state index is 0.0135. The van der Waals surface area contributed by atoms with E-state index in [1.165, 1.54) is 11.8 Å². The summed E-state index contributed by atoms with van der Waals surface area (Å²) < 4.78 is 19.7. The van der Waals surface area contributed by atoms with E-state index in [9.17, 15) is 9.90 Å². The number of ether oxygens (including phenoxy) is 2. The highest BCUT2D eigenvalue weighted by atomic mass is 32.2. The average molecular weight is 712 g/mol. The fourth-order valence-corrected chi connectivity index (χ4v) is 7.14. The first-order valence-electron chi connectivity index (χ1n) is 17.5. The average Bonchev–Trinajstić information content (AvgIpc) is 3.65. The number of urea groups is 1. The highest BCUT2D eigenvalue weighted by Gasteiger charge is 2.33. The van der Waals surface area contributed by atoms with E-state index in [-0.39, 0.29) is 24.8 Å². The van der Waals surface area contributed by atoms with Gasteiger partial charge in [0.25, 0.3) is 5.22 Å². The fraction of sp³-hybridized carbons (Fsp3) is 0.209. The number of hydrogen-bond acceptors (Lipinski definition) is 7. The van der Waals surface area contributed by atoms with Gasteiger partial charge in [-0.3, -0.25) is 0 Å². The van der Waals surface area contributed by atoms with E-state index < -0.39 is 6.29 Å². The van der Waals surface area contributed by atoms with Crippen LogP contribution >= 0.6 is 11.8 Å². The van der Waals surface area contributed by atoms with E-state index in [4.69, 9.17) is 18.9 Å². The molecule has 5 aromatic carbocycles. The van der Waals surface area contributed by atoms with Crippen LogP contribution in [-0.4, -0.2) is 34.5 Å². The van der Waals surface area contributed by atoms with Crippen molar-refractivity contribution in [3.63, 3.8) is 0 Å². The van der Waals surface area contributed by atoms with Crippen LogP contribution in [0.2, 0.25) is 0 Å². The maximum Gasteiger partial charge on any atom is 0.315 e. The summed E-state index contributed by atoms with van der Waals surface area (Å²) in [5, 5.41) is 15.9. The molecule has 52 heavy (non-hydrogen) atoms. The zero-order valence-electron chi connectivity index (χ0n) is 28.9. The molecule has 1 aliphatic heterocycles. The molecule has 2 heterocycles. The molecule has 0 spiro atoms. The molecule has 6 aromatic rings. The number of carbonyl (C=O) groups is 1. The SMILES string of the molecule is CCNC(=O)NCc1ccccc1-c1ccc([C@H]2O[C@@H](CSc3nc(-c4ccccc4)c(-c4ccccc4)o3)C[C@@H](c3ccc(CO)cc3)O2)cc1. The number of nitrogens with zero attached hydrogens (tertiary/aromatic N) is 1. The van der Waals surface area contributed by atoms with Crippen molar-refractivity contribution in [1.82, 2.24) is 15.6 Å². The van der Waals surface area contributed by atoms with Crippen LogP contribution in [0.15, 0.2) is 143 Å². The summed E-state index contributed by atoms with van der Waals surface area (Å²) in [7, 11) is 0. The molecule has 8 nitrogen and oxygen atoms in total. The third kappa shape index (κ3) is 8.46. The van der Waals surface area contributed by atoms with E-state index in [2.05, 4.69) is 28.8 Å². The van der Waals surface area contributed by atoms with E-state index >= 15 is 0 Å². The third-order valence-electron chi connectivity index (χ3n) is 8.99. The van der Waals surface area contributed by atoms with Gasteiger partial charge in [-0.1, -0.05) is 145 Å². The van der Waals surface area contributed by atoms with Gasteiger partial charge in [0.2, 0.25) is 0 Å². The van der Waals surface area contributed by atoms with Crippen LogP contribution in [0.3, 0.4) is 0 Å². The molecule has 0 unspecified atom stereocenters. The number of benzene rings is 5. The number of thioether (sulfide) groups is 1. The van der Waals surface area contributed by atoms with Crippen molar-refractivity contribution in [2.24, 2.45) is 0 Å².